The maximum atomic E-state index is 11.1. The highest BCUT2D eigenvalue weighted by Gasteiger charge is 2.41. The van der Waals surface area contributed by atoms with Crippen LogP contribution >= 0.6 is 0 Å². The van der Waals surface area contributed by atoms with E-state index in [1.807, 2.05) is 13.8 Å². The maximum absolute atomic E-state index is 11.1. The number of carbonyl (C=O) groups is 1. The largest absolute Gasteiger partial charge is 0.459 e. The molecule has 1 fully saturated rings. The summed E-state index contributed by atoms with van der Waals surface area (Å²) < 4.78 is 5.06. The summed E-state index contributed by atoms with van der Waals surface area (Å²) in [4.78, 5) is 13.6. The molecule has 0 bridgehead atoms. The fraction of sp³-hybridized carbons (Fsp3) is 0.857. The first-order valence-electron chi connectivity index (χ1n) is 3.88. The molecule has 0 radical (unpaired) electrons. The van der Waals surface area contributed by atoms with E-state index in [1.165, 1.54) is 0 Å². The van der Waals surface area contributed by atoms with Gasteiger partial charge in [0.1, 0.15) is 11.6 Å². The summed E-state index contributed by atoms with van der Waals surface area (Å²) >= 11 is 0. The second-order valence-corrected chi connectivity index (χ2v) is 3.15. The minimum atomic E-state index is -0.625. The second-order valence-electron chi connectivity index (χ2n) is 3.15. The molecule has 1 aliphatic rings. The topological polar surface area (TPSA) is 75.1 Å². The Hall–Kier alpha value is -1.22. The van der Waals surface area contributed by atoms with Gasteiger partial charge in [-0.05, 0) is 18.9 Å². The molecule has 5 nitrogen and oxygen atoms in total. The number of carbonyl (C=O) groups excluding carboxylic acids is 1. The fourth-order valence-corrected chi connectivity index (χ4v) is 1.21. The van der Waals surface area contributed by atoms with Crippen molar-refractivity contribution >= 4 is 5.97 Å². The van der Waals surface area contributed by atoms with Crippen molar-refractivity contribution in [3.05, 3.63) is 10.4 Å². The maximum Gasteiger partial charge on any atom is 0.315 e. The van der Waals surface area contributed by atoms with Crippen LogP contribution in [0.3, 0.4) is 0 Å². The van der Waals surface area contributed by atoms with Crippen LogP contribution in [-0.2, 0) is 9.53 Å². The van der Waals surface area contributed by atoms with Crippen LogP contribution in [0.2, 0.25) is 0 Å². The van der Waals surface area contributed by atoms with Crippen molar-refractivity contribution < 1.29 is 9.53 Å². The molecule has 0 aromatic carbocycles. The van der Waals surface area contributed by atoms with Gasteiger partial charge in [-0.15, -0.1) is 0 Å². The first-order valence-corrected chi connectivity index (χ1v) is 3.88. The van der Waals surface area contributed by atoms with Crippen LogP contribution in [0.5, 0.6) is 0 Å². The molecule has 0 amide bonds. The molecular weight excluding hydrogens is 158 g/mol. The highest BCUT2D eigenvalue weighted by Crippen LogP contribution is 2.31. The van der Waals surface area contributed by atoms with Crippen molar-refractivity contribution in [3.8, 4) is 0 Å². The van der Waals surface area contributed by atoms with Crippen LogP contribution in [-0.4, -0.2) is 17.6 Å². The number of hydrogen-bond acceptors (Lipinski definition) is 3. The number of nitrogens with zero attached hydrogens (tertiary/aromatic N) is 3. The van der Waals surface area contributed by atoms with Crippen molar-refractivity contribution in [2.24, 2.45) is 5.11 Å². The molecule has 1 saturated heterocycles. The van der Waals surface area contributed by atoms with E-state index in [0.29, 0.717) is 6.42 Å². The van der Waals surface area contributed by atoms with Gasteiger partial charge in [-0.25, -0.2) is 0 Å². The first kappa shape index (κ1) is 8.87. The Morgan fingerprint density at radius 3 is 3.00 bits per heavy atom. The third-order valence-electron chi connectivity index (χ3n) is 2.18. The summed E-state index contributed by atoms with van der Waals surface area (Å²) in [6, 6.07) is -0.625. The Morgan fingerprint density at radius 1 is 1.92 bits per heavy atom. The standard InChI is InChI=1S/C7H11N3O2/c1-3-7(2)4-5(9-10-8)6(11)12-7/h5H,3-4H2,1-2H3. The lowest BCUT2D eigenvalue weighted by molar-refractivity contribution is -0.148. The zero-order chi connectivity index (χ0) is 9.19. The van der Waals surface area contributed by atoms with Crippen molar-refractivity contribution in [1.29, 1.82) is 0 Å². The summed E-state index contributed by atoms with van der Waals surface area (Å²) in [7, 11) is 0. The van der Waals surface area contributed by atoms with Crippen LogP contribution in [0.1, 0.15) is 26.7 Å². The van der Waals surface area contributed by atoms with Crippen molar-refractivity contribution in [2.45, 2.75) is 38.3 Å². The SMILES string of the molecule is CCC1(C)CC(N=[N+]=[N-])C(=O)O1. The fourth-order valence-electron chi connectivity index (χ4n) is 1.21. The van der Waals surface area contributed by atoms with Crippen LogP contribution in [0, 0.1) is 0 Å². The lowest BCUT2D eigenvalue weighted by atomic mass is 9.98. The van der Waals surface area contributed by atoms with Crippen molar-refractivity contribution in [3.63, 3.8) is 0 Å². The molecule has 0 spiro atoms. The van der Waals surface area contributed by atoms with Crippen LogP contribution in [0.4, 0.5) is 0 Å². The molecule has 0 N–H and O–H groups in total. The molecule has 0 aliphatic carbocycles. The highest BCUT2D eigenvalue weighted by molar-refractivity contribution is 5.78. The third kappa shape index (κ3) is 1.51. The minimum absolute atomic E-state index is 0.405. The van der Waals surface area contributed by atoms with Crippen molar-refractivity contribution in [2.75, 3.05) is 0 Å². The Kier molecular flexibility index (Phi) is 2.24. The van der Waals surface area contributed by atoms with Crippen LogP contribution in [0.15, 0.2) is 5.11 Å². The monoisotopic (exact) mass is 169 g/mol. The molecule has 1 heterocycles. The van der Waals surface area contributed by atoms with Crippen LogP contribution in [0.25, 0.3) is 10.4 Å². The zero-order valence-electron chi connectivity index (χ0n) is 7.15. The normalized spacial score (nSPS) is 34.2. The number of ether oxygens (including phenoxy) is 1. The zero-order valence-corrected chi connectivity index (χ0v) is 7.15. The number of esters is 1. The summed E-state index contributed by atoms with van der Waals surface area (Å²) in [5, 5.41) is 3.35. The van der Waals surface area contributed by atoms with E-state index in [1.54, 1.807) is 0 Å². The molecule has 5 heteroatoms. The first-order chi connectivity index (χ1) is 5.61. The highest BCUT2D eigenvalue weighted by atomic mass is 16.6. The number of azide groups is 1. The number of cyclic esters (lactones) is 1. The van der Waals surface area contributed by atoms with Gasteiger partial charge >= 0.3 is 5.97 Å². The van der Waals surface area contributed by atoms with E-state index < -0.39 is 17.6 Å². The summed E-state index contributed by atoms with van der Waals surface area (Å²) in [5.74, 6) is -0.405. The number of hydrogen-bond donors (Lipinski definition) is 0. The summed E-state index contributed by atoms with van der Waals surface area (Å²) in [6.45, 7) is 3.78. The van der Waals surface area contributed by atoms with Gasteiger partial charge in [-0.1, -0.05) is 12.0 Å². The van der Waals surface area contributed by atoms with Gasteiger partial charge in [-0.3, -0.25) is 4.79 Å². The Labute approximate surface area is 70.3 Å². The van der Waals surface area contributed by atoms with Gasteiger partial charge in [0.15, 0.2) is 0 Å². The van der Waals surface area contributed by atoms with Gasteiger partial charge in [0, 0.05) is 11.3 Å². The Morgan fingerprint density at radius 2 is 2.58 bits per heavy atom. The average Bonchev–Trinajstić information content (AvgIpc) is 2.30. The van der Waals surface area contributed by atoms with E-state index in [9.17, 15) is 4.79 Å². The lowest BCUT2D eigenvalue weighted by Gasteiger charge is -2.19. The van der Waals surface area contributed by atoms with E-state index >= 15 is 0 Å². The summed E-state index contributed by atoms with van der Waals surface area (Å²) in [6.07, 6.45) is 1.24. The van der Waals surface area contributed by atoms with E-state index in [2.05, 4.69) is 10.0 Å². The third-order valence-corrected chi connectivity index (χ3v) is 2.18. The van der Waals surface area contributed by atoms with Gasteiger partial charge in [-0.2, -0.15) is 0 Å². The molecule has 0 saturated carbocycles. The van der Waals surface area contributed by atoms with Crippen LogP contribution < -0.4 is 0 Å². The van der Waals surface area contributed by atoms with Crippen molar-refractivity contribution in [1.82, 2.24) is 0 Å². The predicted octanol–water partition coefficient (Wildman–Crippen LogP) is 1.78. The van der Waals surface area contributed by atoms with Gasteiger partial charge in [0.25, 0.3) is 0 Å². The molecule has 1 aliphatic heterocycles. The molecular formula is C7H11N3O2. The molecule has 2 atom stereocenters. The quantitative estimate of drug-likeness (QED) is 0.273. The summed E-state index contributed by atoms with van der Waals surface area (Å²) in [5.41, 5.74) is 7.70. The van der Waals surface area contributed by atoms with E-state index in [4.69, 9.17) is 10.3 Å². The smallest absolute Gasteiger partial charge is 0.315 e. The Bertz CT molecular complexity index is 247. The van der Waals surface area contributed by atoms with E-state index in [0.717, 1.165) is 6.42 Å². The molecule has 0 aromatic heterocycles. The minimum Gasteiger partial charge on any atom is -0.459 e. The molecule has 12 heavy (non-hydrogen) atoms. The van der Waals surface area contributed by atoms with Gasteiger partial charge in [0.05, 0.1) is 0 Å². The predicted molar refractivity (Wildman–Crippen MR) is 42.3 cm³/mol. The Balaban J connectivity index is 2.74. The van der Waals surface area contributed by atoms with E-state index in [-0.39, 0.29) is 0 Å². The van der Waals surface area contributed by atoms with Gasteiger partial charge in [0.2, 0.25) is 0 Å². The lowest BCUT2D eigenvalue weighted by Crippen LogP contribution is -2.22. The average molecular weight is 169 g/mol. The van der Waals surface area contributed by atoms with Gasteiger partial charge < -0.3 is 4.74 Å². The molecule has 2 unspecified atom stereocenters. The number of rotatable bonds is 2. The molecule has 1 rings (SSSR count). The molecule has 66 valence electrons. The molecule has 0 aromatic rings. The second kappa shape index (κ2) is 3.03.